The number of hydrogen-bond acceptors (Lipinski definition) is 4. The van der Waals surface area contributed by atoms with E-state index in [1.165, 1.54) is 11.8 Å². The highest BCUT2D eigenvalue weighted by molar-refractivity contribution is 8.00. The molecule has 0 atom stereocenters. The number of pyridine rings is 1. The number of thioether (sulfide) groups is 1. The molecule has 0 fully saturated rings. The molecule has 4 heteroatoms. The van der Waals surface area contributed by atoms with Crippen molar-refractivity contribution < 1.29 is 4.79 Å². The number of aryl methyl sites for hydroxylation is 3. The molecule has 0 spiro atoms. The highest BCUT2D eigenvalue weighted by Gasteiger charge is 2.12. The fraction of sp³-hybridized carbons (Fsp3) is 0.190. The molecule has 1 aromatic heterocycles. The zero-order valence-corrected chi connectivity index (χ0v) is 15.3. The third kappa shape index (κ3) is 3.72. The summed E-state index contributed by atoms with van der Waals surface area (Å²) in [4.78, 5) is 17.0. The van der Waals surface area contributed by atoms with Gasteiger partial charge in [-0.15, -0.1) is 0 Å². The summed E-state index contributed by atoms with van der Waals surface area (Å²) in [6, 6.07) is 15.7. The maximum absolute atomic E-state index is 12.4. The lowest BCUT2D eigenvalue weighted by molar-refractivity contribution is 0.102. The van der Waals surface area contributed by atoms with Crippen LogP contribution in [0.1, 0.15) is 32.6 Å². The van der Waals surface area contributed by atoms with Crippen LogP contribution in [0.15, 0.2) is 47.5 Å². The summed E-state index contributed by atoms with van der Waals surface area (Å²) >= 11 is 1.32. The van der Waals surface area contributed by atoms with Gasteiger partial charge in [0.1, 0.15) is 11.1 Å². The molecule has 0 unspecified atom stereocenters. The standard InChI is InChI=1S/C21H18N2OS/c1-13-4-6-16(7-5-13)20(24)12-25-21-17(11-22)10-18-15(3)8-14(2)9-19(18)23-21/h4-10H,12H2,1-3H3. The Morgan fingerprint density at radius 3 is 2.48 bits per heavy atom. The Bertz CT molecular complexity index is 1000. The molecule has 2 aromatic carbocycles. The van der Waals surface area contributed by atoms with Crippen molar-refractivity contribution in [2.45, 2.75) is 25.8 Å². The SMILES string of the molecule is Cc1ccc(C(=O)CSc2nc3cc(C)cc(C)c3cc2C#N)cc1. The van der Waals surface area contributed by atoms with E-state index in [2.05, 4.69) is 17.1 Å². The number of hydrogen-bond donors (Lipinski definition) is 0. The minimum atomic E-state index is 0.0382. The van der Waals surface area contributed by atoms with E-state index in [0.29, 0.717) is 16.2 Å². The van der Waals surface area contributed by atoms with Crippen LogP contribution < -0.4 is 0 Å². The van der Waals surface area contributed by atoms with Gasteiger partial charge in [-0.05, 0) is 44.0 Å². The number of aromatic nitrogens is 1. The van der Waals surface area contributed by atoms with Gasteiger partial charge in [0.15, 0.2) is 5.78 Å². The number of nitriles is 1. The van der Waals surface area contributed by atoms with Crippen LogP contribution in [0.3, 0.4) is 0 Å². The smallest absolute Gasteiger partial charge is 0.173 e. The number of carbonyl (C=O) groups is 1. The van der Waals surface area contributed by atoms with Gasteiger partial charge in [0.25, 0.3) is 0 Å². The van der Waals surface area contributed by atoms with Crippen LogP contribution in [0.25, 0.3) is 10.9 Å². The molecule has 1 heterocycles. The molecule has 0 aliphatic rings. The lowest BCUT2D eigenvalue weighted by Gasteiger charge is -2.08. The first kappa shape index (κ1) is 17.2. The average Bonchev–Trinajstić information content (AvgIpc) is 2.59. The Hall–Kier alpha value is -2.64. The topological polar surface area (TPSA) is 53.8 Å². The number of benzene rings is 2. The molecule has 0 N–H and O–H groups in total. The predicted octanol–water partition coefficient (Wildman–Crippen LogP) is 5.01. The Morgan fingerprint density at radius 1 is 1.08 bits per heavy atom. The molecule has 0 radical (unpaired) electrons. The van der Waals surface area contributed by atoms with Crippen LogP contribution in [0.4, 0.5) is 0 Å². The second-order valence-electron chi connectivity index (χ2n) is 6.18. The molecule has 3 nitrogen and oxygen atoms in total. The van der Waals surface area contributed by atoms with Gasteiger partial charge in [-0.25, -0.2) is 4.98 Å². The Kier molecular flexibility index (Phi) is 4.87. The summed E-state index contributed by atoms with van der Waals surface area (Å²) in [6.45, 7) is 6.04. The number of rotatable bonds is 4. The first-order chi connectivity index (χ1) is 12.0. The van der Waals surface area contributed by atoms with Gasteiger partial charge >= 0.3 is 0 Å². The number of fused-ring (bicyclic) bond motifs is 1. The molecule has 0 aliphatic carbocycles. The highest BCUT2D eigenvalue weighted by atomic mass is 32.2. The van der Waals surface area contributed by atoms with Gasteiger partial charge in [-0.1, -0.05) is 47.7 Å². The van der Waals surface area contributed by atoms with E-state index in [9.17, 15) is 10.1 Å². The predicted molar refractivity (Wildman–Crippen MR) is 102 cm³/mol. The number of carbonyl (C=O) groups excluding carboxylic acids is 1. The van der Waals surface area contributed by atoms with Crippen molar-refractivity contribution in [2.75, 3.05) is 5.75 Å². The van der Waals surface area contributed by atoms with Gasteiger partial charge < -0.3 is 0 Å². The Balaban J connectivity index is 1.89. The minimum Gasteiger partial charge on any atom is -0.293 e. The summed E-state index contributed by atoms with van der Waals surface area (Å²) in [5.74, 6) is 0.303. The number of Topliss-reactive ketones (excluding diaryl/α,β-unsaturated/α-hetero) is 1. The van der Waals surface area contributed by atoms with E-state index in [0.717, 1.165) is 27.6 Å². The maximum Gasteiger partial charge on any atom is 0.173 e. The van der Waals surface area contributed by atoms with Crippen LogP contribution in [-0.2, 0) is 0 Å². The van der Waals surface area contributed by atoms with Crippen molar-refractivity contribution in [3.63, 3.8) is 0 Å². The van der Waals surface area contributed by atoms with E-state index in [1.807, 2.05) is 57.2 Å². The molecule has 25 heavy (non-hydrogen) atoms. The summed E-state index contributed by atoms with van der Waals surface area (Å²) in [7, 11) is 0. The summed E-state index contributed by atoms with van der Waals surface area (Å²) < 4.78 is 0. The lowest BCUT2D eigenvalue weighted by atomic mass is 10.1. The second kappa shape index (κ2) is 7.08. The van der Waals surface area contributed by atoms with Gasteiger partial charge in [0, 0.05) is 10.9 Å². The van der Waals surface area contributed by atoms with Crippen LogP contribution >= 0.6 is 11.8 Å². The lowest BCUT2D eigenvalue weighted by Crippen LogP contribution is -2.03. The van der Waals surface area contributed by atoms with Crippen LogP contribution in [0, 0.1) is 32.1 Å². The molecular weight excluding hydrogens is 328 g/mol. The first-order valence-electron chi connectivity index (χ1n) is 8.02. The zero-order chi connectivity index (χ0) is 18.0. The van der Waals surface area contributed by atoms with E-state index in [4.69, 9.17) is 0 Å². The Labute approximate surface area is 151 Å². The highest BCUT2D eigenvalue weighted by Crippen LogP contribution is 2.27. The van der Waals surface area contributed by atoms with Gasteiger partial charge in [-0.2, -0.15) is 5.26 Å². The third-order valence-electron chi connectivity index (χ3n) is 4.08. The fourth-order valence-corrected chi connectivity index (χ4v) is 3.62. The van der Waals surface area contributed by atoms with Crippen molar-refractivity contribution in [3.05, 3.63) is 70.3 Å². The summed E-state index contributed by atoms with van der Waals surface area (Å²) in [5, 5.41) is 11.0. The number of ketones is 1. The largest absolute Gasteiger partial charge is 0.293 e. The van der Waals surface area contributed by atoms with Crippen molar-refractivity contribution in [2.24, 2.45) is 0 Å². The fourth-order valence-electron chi connectivity index (χ4n) is 2.76. The van der Waals surface area contributed by atoms with Crippen LogP contribution in [0.2, 0.25) is 0 Å². The first-order valence-corrected chi connectivity index (χ1v) is 9.01. The second-order valence-corrected chi connectivity index (χ2v) is 7.14. The van der Waals surface area contributed by atoms with Gasteiger partial charge in [-0.3, -0.25) is 4.79 Å². The van der Waals surface area contributed by atoms with Crippen molar-refractivity contribution in [1.29, 1.82) is 5.26 Å². The quantitative estimate of drug-likeness (QED) is 0.492. The molecule has 124 valence electrons. The molecule has 3 aromatic rings. The number of nitrogens with zero attached hydrogens (tertiary/aromatic N) is 2. The zero-order valence-electron chi connectivity index (χ0n) is 14.5. The van der Waals surface area contributed by atoms with Crippen molar-refractivity contribution in [3.8, 4) is 6.07 Å². The third-order valence-corrected chi connectivity index (χ3v) is 5.08. The molecule has 3 rings (SSSR count). The molecular formula is C21H18N2OS. The van der Waals surface area contributed by atoms with E-state index < -0.39 is 0 Å². The van der Waals surface area contributed by atoms with Crippen LogP contribution in [0.5, 0.6) is 0 Å². The monoisotopic (exact) mass is 346 g/mol. The molecule has 0 saturated heterocycles. The molecule has 0 saturated carbocycles. The molecule has 0 aliphatic heterocycles. The van der Waals surface area contributed by atoms with Crippen molar-refractivity contribution in [1.82, 2.24) is 4.98 Å². The van der Waals surface area contributed by atoms with E-state index in [-0.39, 0.29) is 11.5 Å². The van der Waals surface area contributed by atoms with Gasteiger partial charge in [0.2, 0.25) is 0 Å². The van der Waals surface area contributed by atoms with Crippen LogP contribution in [-0.4, -0.2) is 16.5 Å². The molecule has 0 bridgehead atoms. The van der Waals surface area contributed by atoms with Gasteiger partial charge in [0.05, 0.1) is 16.8 Å². The normalized spacial score (nSPS) is 10.6. The minimum absolute atomic E-state index is 0.0382. The summed E-state index contributed by atoms with van der Waals surface area (Å²) in [5.41, 5.74) is 5.42. The molecule has 0 amide bonds. The van der Waals surface area contributed by atoms with E-state index in [1.54, 1.807) is 0 Å². The Morgan fingerprint density at radius 2 is 1.80 bits per heavy atom. The van der Waals surface area contributed by atoms with Crippen molar-refractivity contribution >= 4 is 28.4 Å². The van der Waals surface area contributed by atoms with E-state index >= 15 is 0 Å². The summed E-state index contributed by atoms with van der Waals surface area (Å²) in [6.07, 6.45) is 0. The maximum atomic E-state index is 12.4. The average molecular weight is 346 g/mol.